The van der Waals surface area contributed by atoms with Crippen molar-refractivity contribution in [1.82, 2.24) is 10.2 Å². The van der Waals surface area contributed by atoms with Crippen LogP contribution in [0.15, 0.2) is 76.6 Å². The lowest BCUT2D eigenvalue weighted by molar-refractivity contribution is -0.132. The summed E-state index contributed by atoms with van der Waals surface area (Å²) >= 11 is 14.9. The number of carbonyl (C=O) groups excluding carboxylic acids is 2. The topological polar surface area (TPSA) is 102 Å². The Bertz CT molecular complexity index is 1660. The van der Waals surface area contributed by atoms with E-state index >= 15 is 0 Å². The summed E-state index contributed by atoms with van der Waals surface area (Å²) in [5.41, 5.74) is 1.74. The number of methoxy groups -OCH3 is 1. The second kappa shape index (κ2) is 13.2. The Kier molecular flexibility index (Phi) is 9.37. The molecule has 1 atom stereocenters. The molecule has 8 nitrogen and oxygen atoms in total. The quantitative estimate of drug-likeness (QED) is 0.0622. The highest BCUT2D eigenvalue weighted by molar-refractivity contribution is 8.00. The number of anilines is 1. The van der Waals surface area contributed by atoms with E-state index in [9.17, 15) is 14.7 Å². The molecule has 0 bridgehead atoms. The molecule has 5 rings (SSSR count). The first kappa shape index (κ1) is 29.9. The zero-order valence-corrected chi connectivity index (χ0v) is 25.7. The number of carbonyl (C=O) groups is 2. The maximum absolute atomic E-state index is 13.5. The van der Waals surface area contributed by atoms with Gasteiger partial charge in [0.25, 0.3) is 5.78 Å². The van der Waals surface area contributed by atoms with E-state index in [1.54, 1.807) is 60.7 Å². The van der Waals surface area contributed by atoms with E-state index in [1.807, 2.05) is 13.0 Å². The Morgan fingerprint density at radius 2 is 1.83 bits per heavy atom. The van der Waals surface area contributed by atoms with Gasteiger partial charge in [0.15, 0.2) is 4.34 Å². The molecule has 1 fully saturated rings. The van der Waals surface area contributed by atoms with Gasteiger partial charge in [0, 0.05) is 21.4 Å². The molecule has 1 saturated heterocycles. The first-order valence-corrected chi connectivity index (χ1v) is 15.4. The molecule has 1 N–H and O–H groups in total. The minimum atomic E-state index is -0.965. The number of nitrogens with zero attached hydrogens (tertiary/aromatic N) is 3. The second-order valence-electron chi connectivity index (χ2n) is 9.19. The van der Waals surface area contributed by atoms with Crippen LogP contribution < -0.4 is 14.4 Å². The van der Waals surface area contributed by atoms with Crippen molar-refractivity contribution in [2.45, 2.75) is 29.5 Å². The number of hydrogen-bond donors (Lipinski definition) is 1. The third-order valence-electron chi connectivity index (χ3n) is 6.42. The molecule has 1 aromatic heterocycles. The van der Waals surface area contributed by atoms with Gasteiger partial charge in [-0.3, -0.25) is 14.5 Å². The maximum atomic E-state index is 13.5. The van der Waals surface area contributed by atoms with Gasteiger partial charge in [-0.25, -0.2) is 0 Å². The van der Waals surface area contributed by atoms with Gasteiger partial charge in [-0.05, 0) is 66.1 Å². The van der Waals surface area contributed by atoms with Crippen LogP contribution in [0, 0.1) is 0 Å². The Morgan fingerprint density at radius 3 is 2.55 bits per heavy atom. The number of amides is 1. The molecule has 216 valence electrons. The van der Waals surface area contributed by atoms with Crippen LogP contribution in [0.2, 0.25) is 10.0 Å². The van der Waals surface area contributed by atoms with Crippen molar-refractivity contribution in [3.63, 3.8) is 0 Å². The Hall–Kier alpha value is -3.57. The van der Waals surface area contributed by atoms with Crippen molar-refractivity contribution in [2.75, 3.05) is 18.6 Å². The van der Waals surface area contributed by atoms with Gasteiger partial charge in [0.1, 0.15) is 17.3 Å². The summed E-state index contributed by atoms with van der Waals surface area (Å²) in [6.07, 6.45) is 0.854. The largest absolute Gasteiger partial charge is 0.507 e. The highest BCUT2D eigenvalue weighted by atomic mass is 35.5. The number of hydrogen-bond acceptors (Lipinski definition) is 9. The number of ketones is 1. The molecule has 0 spiro atoms. The Morgan fingerprint density at radius 1 is 1.05 bits per heavy atom. The number of aromatic nitrogens is 2. The number of aliphatic hydroxyl groups excluding tert-OH is 1. The van der Waals surface area contributed by atoms with Gasteiger partial charge in [0.05, 0.1) is 25.3 Å². The molecule has 1 aliphatic heterocycles. The summed E-state index contributed by atoms with van der Waals surface area (Å²) in [6, 6.07) is 18.0. The van der Waals surface area contributed by atoms with Gasteiger partial charge >= 0.3 is 5.91 Å². The second-order valence-corrected chi connectivity index (χ2v) is 12.2. The minimum Gasteiger partial charge on any atom is -0.507 e. The normalized spacial score (nSPS) is 16.2. The third-order valence-corrected chi connectivity index (χ3v) is 9.11. The molecule has 2 heterocycles. The number of halogens is 2. The lowest BCUT2D eigenvalue weighted by Gasteiger charge is -2.23. The van der Waals surface area contributed by atoms with Gasteiger partial charge in [-0.15, -0.1) is 10.2 Å². The van der Waals surface area contributed by atoms with Crippen molar-refractivity contribution < 1.29 is 24.2 Å². The first-order chi connectivity index (χ1) is 20.3. The van der Waals surface area contributed by atoms with Crippen LogP contribution in [0.3, 0.4) is 0 Å². The van der Waals surface area contributed by atoms with Crippen molar-refractivity contribution >= 4 is 68.9 Å². The van der Waals surface area contributed by atoms with E-state index in [1.165, 1.54) is 23.8 Å². The van der Waals surface area contributed by atoms with Crippen LogP contribution in [-0.4, -0.2) is 40.7 Å². The van der Waals surface area contributed by atoms with Gasteiger partial charge in [0.2, 0.25) is 5.13 Å². The van der Waals surface area contributed by atoms with Gasteiger partial charge in [-0.1, -0.05) is 71.4 Å². The molecule has 1 amide bonds. The van der Waals surface area contributed by atoms with Crippen LogP contribution in [0.25, 0.3) is 5.76 Å². The number of aliphatic hydroxyl groups is 1. The van der Waals surface area contributed by atoms with E-state index in [0.29, 0.717) is 49.4 Å². The number of thioether (sulfide) groups is 1. The molecule has 12 heteroatoms. The minimum absolute atomic E-state index is 0.0622. The van der Waals surface area contributed by atoms with E-state index < -0.39 is 17.7 Å². The lowest BCUT2D eigenvalue weighted by atomic mass is 9.95. The highest BCUT2D eigenvalue weighted by Crippen LogP contribution is 2.45. The maximum Gasteiger partial charge on any atom is 0.301 e. The van der Waals surface area contributed by atoms with E-state index in [0.717, 1.165) is 23.3 Å². The standard InChI is InChI=1S/C30H25Cl2N3O5S2/c1-3-13-40-21-11-8-17(9-12-21)26(36)24-25(18-5-4-6-22(14-18)39-2)35(28(38)27(24)37)29-33-34-30(42-29)41-16-19-7-10-20(31)15-23(19)32/h4-12,14-15,25,36H,3,13,16H2,1-2H3/b26-24-. The summed E-state index contributed by atoms with van der Waals surface area (Å²) in [6.45, 7) is 2.56. The summed E-state index contributed by atoms with van der Waals surface area (Å²) in [5.74, 6) is -0.284. The van der Waals surface area contributed by atoms with Crippen LogP contribution in [-0.2, 0) is 15.3 Å². The molecular weight excluding hydrogens is 617 g/mol. The summed E-state index contributed by atoms with van der Waals surface area (Å²) in [4.78, 5) is 28.3. The first-order valence-electron chi connectivity index (χ1n) is 12.9. The van der Waals surface area contributed by atoms with Crippen molar-refractivity contribution in [3.8, 4) is 11.5 Å². The molecule has 1 unspecified atom stereocenters. The molecule has 3 aromatic carbocycles. The SMILES string of the molecule is CCCOc1ccc(/C(O)=C2/C(=O)C(=O)N(c3nnc(SCc4ccc(Cl)cc4Cl)s3)C2c2cccc(OC)c2)cc1. The smallest absolute Gasteiger partial charge is 0.301 e. The fourth-order valence-corrected chi connectivity index (χ4v) is 6.80. The zero-order chi connectivity index (χ0) is 29.8. The predicted octanol–water partition coefficient (Wildman–Crippen LogP) is 7.56. The molecule has 42 heavy (non-hydrogen) atoms. The lowest BCUT2D eigenvalue weighted by Crippen LogP contribution is -2.29. The fraction of sp³-hybridized carbons (Fsp3) is 0.200. The summed E-state index contributed by atoms with van der Waals surface area (Å²) in [5, 5.41) is 21.2. The molecule has 4 aromatic rings. The van der Waals surface area contributed by atoms with Crippen molar-refractivity contribution in [3.05, 3.63) is 99.0 Å². The number of benzene rings is 3. The van der Waals surface area contributed by atoms with Crippen molar-refractivity contribution in [2.24, 2.45) is 0 Å². The number of rotatable bonds is 10. The number of ether oxygens (including phenoxy) is 2. The van der Waals surface area contributed by atoms with Gasteiger partial charge in [-0.2, -0.15) is 0 Å². The van der Waals surface area contributed by atoms with E-state index in [4.69, 9.17) is 32.7 Å². The van der Waals surface area contributed by atoms with Crippen molar-refractivity contribution in [1.29, 1.82) is 0 Å². The Labute approximate surface area is 260 Å². The fourth-order valence-electron chi connectivity index (χ4n) is 4.38. The predicted molar refractivity (Wildman–Crippen MR) is 166 cm³/mol. The van der Waals surface area contributed by atoms with Gasteiger partial charge < -0.3 is 14.6 Å². The molecule has 0 saturated carbocycles. The van der Waals surface area contributed by atoms with E-state index in [-0.39, 0.29) is 16.5 Å². The van der Waals surface area contributed by atoms with Crippen LogP contribution >= 0.6 is 46.3 Å². The van der Waals surface area contributed by atoms with Crippen LogP contribution in [0.1, 0.15) is 36.1 Å². The molecular formula is C30H25Cl2N3O5S2. The zero-order valence-electron chi connectivity index (χ0n) is 22.5. The number of Topliss-reactive ketones (excluding diaryl/α,β-unsaturated/α-hetero) is 1. The summed E-state index contributed by atoms with van der Waals surface area (Å²) in [7, 11) is 1.53. The van der Waals surface area contributed by atoms with Crippen LogP contribution in [0.5, 0.6) is 11.5 Å². The molecule has 0 aliphatic carbocycles. The third kappa shape index (κ3) is 6.27. The van der Waals surface area contributed by atoms with Crippen LogP contribution in [0.4, 0.5) is 5.13 Å². The monoisotopic (exact) mass is 641 g/mol. The summed E-state index contributed by atoms with van der Waals surface area (Å²) < 4.78 is 11.6. The van der Waals surface area contributed by atoms with E-state index in [2.05, 4.69) is 10.2 Å². The highest BCUT2D eigenvalue weighted by Gasteiger charge is 2.48. The Balaban J connectivity index is 1.51. The average Bonchev–Trinajstić information content (AvgIpc) is 3.57. The molecule has 1 aliphatic rings. The average molecular weight is 643 g/mol. The molecule has 0 radical (unpaired) electrons.